The Morgan fingerprint density at radius 3 is 3.09 bits per heavy atom. The number of nitrogens with zero attached hydrogens (tertiary/aromatic N) is 1. The van der Waals surface area contributed by atoms with E-state index in [-0.39, 0.29) is 11.3 Å². The summed E-state index contributed by atoms with van der Waals surface area (Å²) in [7, 11) is 0. The van der Waals surface area contributed by atoms with Crippen LogP contribution in [0.15, 0.2) is 35.2 Å². The van der Waals surface area contributed by atoms with Crippen LogP contribution in [0.2, 0.25) is 0 Å². The van der Waals surface area contributed by atoms with Gasteiger partial charge in [0.2, 0.25) is 0 Å². The Morgan fingerprint density at radius 1 is 1.45 bits per heavy atom. The number of carbonyl (C=O) groups is 1. The summed E-state index contributed by atoms with van der Waals surface area (Å²) < 4.78 is 5.78. The van der Waals surface area contributed by atoms with E-state index in [1.54, 1.807) is 11.8 Å². The van der Waals surface area contributed by atoms with Gasteiger partial charge in [0.25, 0.3) is 5.91 Å². The first kappa shape index (κ1) is 13.7. The second-order valence-corrected chi connectivity index (χ2v) is 7.14. The van der Waals surface area contributed by atoms with Gasteiger partial charge in [-0.2, -0.15) is 5.10 Å². The van der Waals surface area contributed by atoms with Gasteiger partial charge in [0.1, 0.15) is 5.75 Å². The highest BCUT2D eigenvalue weighted by Crippen LogP contribution is 2.47. The fraction of sp³-hybridized carbons (Fsp3) is 0.375. The number of anilines is 1. The minimum atomic E-state index is -0.489. The summed E-state index contributed by atoms with van der Waals surface area (Å²) in [6.07, 6.45) is 1.85. The van der Waals surface area contributed by atoms with Crippen molar-refractivity contribution in [1.29, 1.82) is 0 Å². The maximum absolute atomic E-state index is 12.3. The van der Waals surface area contributed by atoms with E-state index < -0.39 is 6.10 Å². The van der Waals surface area contributed by atoms with E-state index in [1.165, 1.54) is 12.8 Å². The van der Waals surface area contributed by atoms with Crippen LogP contribution >= 0.6 is 11.8 Å². The van der Waals surface area contributed by atoms with Crippen molar-refractivity contribution in [3.63, 3.8) is 0 Å². The highest BCUT2D eigenvalue weighted by Gasteiger charge is 2.41. The number of nitrogens with one attached hydrogen (secondary N) is 2. The normalized spacial score (nSPS) is 21.6. The van der Waals surface area contributed by atoms with Gasteiger partial charge in [-0.3, -0.25) is 9.89 Å². The van der Waals surface area contributed by atoms with Gasteiger partial charge in [-0.1, -0.05) is 19.1 Å². The first-order valence-electron chi connectivity index (χ1n) is 7.39. The largest absolute Gasteiger partial charge is 0.479 e. The number of fused-ring (bicyclic) bond motifs is 1. The topological polar surface area (TPSA) is 67.0 Å². The van der Waals surface area contributed by atoms with Gasteiger partial charge < -0.3 is 10.1 Å². The monoisotopic (exact) mass is 315 g/mol. The lowest BCUT2D eigenvalue weighted by molar-refractivity contribution is -0.122. The second-order valence-electron chi connectivity index (χ2n) is 6.08. The third-order valence-electron chi connectivity index (χ3n) is 4.28. The molecular weight excluding hydrogens is 298 g/mol. The number of carbonyl (C=O) groups excluding carboxylic acids is 1. The van der Waals surface area contributed by atoms with Crippen molar-refractivity contribution in [2.75, 3.05) is 11.1 Å². The maximum atomic E-state index is 12.3. The van der Waals surface area contributed by atoms with Gasteiger partial charge in [-0.15, -0.1) is 11.8 Å². The van der Waals surface area contributed by atoms with Crippen LogP contribution in [0.1, 0.15) is 25.5 Å². The van der Waals surface area contributed by atoms with Gasteiger partial charge in [-0.05, 0) is 25.0 Å². The molecule has 2 N–H and O–H groups in total. The third-order valence-corrected chi connectivity index (χ3v) is 5.40. The summed E-state index contributed by atoms with van der Waals surface area (Å²) >= 11 is 1.64. The summed E-state index contributed by atoms with van der Waals surface area (Å²) in [4.78, 5) is 13.4. The standard InChI is InChI=1S/C16H17N3O2S/c1-16(6-7-16)13-8-14(19-18-13)17-15(20)11-9-22-12-5-3-2-4-10(12)21-11/h2-5,8,11H,6-7,9H2,1H3,(H2,17,18,19,20). The molecule has 1 aliphatic heterocycles. The fourth-order valence-corrected chi connectivity index (χ4v) is 3.49. The first-order valence-corrected chi connectivity index (χ1v) is 8.38. The number of amides is 1. The molecule has 6 heteroatoms. The number of H-pyrrole nitrogens is 1. The van der Waals surface area contributed by atoms with Crippen molar-refractivity contribution in [3.05, 3.63) is 36.0 Å². The van der Waals surface area contributed by atoms with Crippen LogP contribution in [0.25, 0.3) is 0 Å². The molecule has 0 bridgehead atoms. The number of aromatic amines is 1. The lowest BCUT2D eigenvalue weighted by Crippen LogP contribution is -2.36. The van der Waals surface area contributed by atoms with Crippen molar-refractivity contribution < 1.29 is 9.53 Å². The summed E-state index contributed by atoms with van der Waals surface area (Å²) in [5.41, 5.74) is 1.30. The van der Waals surface area contributed by atoms with Gasteiger partial charge in [0.15, 0.2) is 11.9 Å². The Bertz CT molecular complexity index is 724. The Kier molecular flexibility index (Phi) is 3.14. The summed E-state index contributed by atoms with van der Waals surface area (Å²) in [5.74, 6) is 1.80. The molecule has 1 fully saturated rings. The van der Waals surface area contributed by atoms with Crippen LogP contribution in [0.5, 0.6) is 5.75 Å². The third kappa shape index (κ3) is 2.47. The van der Waals surface area contributed by atoms with Gasteiger partial charge in [-0.25, -0.2) is 0 Å². The predicted octanol–water partition coefficient (Wildman–Crippen LogP) is 2.95. The molecule has 1 aromatic heterocycles. The van der Waals surface area contributed by atoms with Crippen LogP contribution in [-0.4, -0.2) is 28.0 Å². The van der Waals surface area contributed by atoms with Crippen LogP contribution in [-0.2, 0) is 10.2 Å². The lowest BCUT2D eigenvalue weighted by atomic mass is 10.1. The zero-order valence-corrected chi connectivity index (χ0v) is 13.1. The van der Waals surface area contributed by atoms with Gasteiger partial charge >= 0.3 is 0 Å². The van der Waals surface area contributed by atoms with E-state index in [4.69, 9.17) is 4.74 Å². The molecule has 1 amide bonds. The highest BCUT2D eigenvalue weighted by molar-refractivity contribution is 7.99. The molecule has 0 saturated heterocycles. The molecule has 4 rings (SSSR count). The SMILES string of the molecule is CC1(c2cc(NC(=O)C3CSc4ccccc4O3)n[nH]2)CC1. The molecule has 2 aromatic rings. The van der Waals surface area contributed by atoms with Gasteiger partial charge in [0.05, 0.1) is 0 Å². The molecule has 1 unspecified atom stereocenters. The molecule has 0 spiro atoms. The number of benzene rings is 1. The summed E-state index contributed by atoms with van der Waals surface area (Å²) in [6, 6.07) is 9.71. The minimum Gasteiger partial charge on any atom is -0.479 e. The Labute approximate surface area is 132 Å². The van der Waals surface area contributed by atoms with Gasteiger partial charge in [0, 0.05) is 27.8 Å². The molecule has 1 saturated carbocycles. The minimum absolute atomic E-state index is 0.152. The molecule has 1 atom stereocenters. The Balaban J connectivity index is 1.43. The van der Waals surface area contributed by atoms with E-state index in [2.05, 4.69) is 22.4 Å². The maximum Gasteiger partial charge on any atom is 0.267 e. The quantitative estimate of drug-likeness (QED) is 0.914. The van der Waals surface area contributed by atoms with Crippen molar-refractivity contribution >= 4 is 23.5 Å². The summed E-state index contributed by atoms with van der Waals surface area (Å²) in [6.45, 7) is 2.20. The van der Waals surface area contributed by atoms with Crippen molar-refractivity contribution in [2.24, 2.45) is 0 Å². The van der Waals surface area contributed by atoms with Crippen LogP contribution in [0.4, 0.5) is 5.82 Å². The lowest BCUT2D eigenvalue weighted by Gasteiger charge is -2.24. The zero-order chi connectivity index (χ0) is 15.2. The number of aromatic nitrogens is 2. The number of rotatable bonds is 3. The molecule has 2 heterocycles. The predicted molar refractivity (Wildman–Crippen MR) is 85.4 cm³/mol. The highest BCUT2D eigenvalue weighted by atomic mass is 32.2. The van der Waals surface area contributed by atoms with Crippen LogP contribution in [0, 0.1) is 0 Å². The van der Waals surface area contributed by atoms with Crippen molar-refractivity contribution in [1.82, 2.24) is 10.2 Å². The average Bonchev–Trinajstić information content (AvgIpc) is 3.11. The smallest absolute Gasteiger partial charge is 0.267 e. The number of para-hydroxylation sites is 1. The molecule has 5 nitrogen and oxygen atoms in total. The molecule has 2 aliphatic rings. The number of thioether (sulfide) groups is 1. The Morgan fingerprint density at radius 2 is 2.27 bits per heavy atom. The summed E-state index contributed by atoms with van der Waals surface area (Å²) in [5, 5.41) is 10.0. The molecular formula is C16H17N3O2S. The molecule has 22 heavy (non-hydrogen) atoms. The number of hydrogen-bond donors (Lipinski definition) is 2. The zero-order valence-electron chi connectivity index (χ0n) is 12.3. The second kappa shape index (κ2) is 5.05. The van der Waals surface area contributed by atoms with E-state index in [9.17, 15) is 4.79 Å². The molecule has 1 aliphatic carbocycles. The van der Waals surface area contributed by atoms with Crippen molar-refractivity contribution in [2.45, 2.75) is 36.2 Å². The first-order chi connectivity index (χ1) is 10.6. The van der Waals surface area contributed by atoms with Crippen molar-refractivity contribution in [3.8, 4) is 5.75 Å². The van der Waals surface area contributed by atoms with Crippen LogP contribution < -0.4 is 10.1 Å². The molecule has 1 aromatic carbocycles. The number of hydrogen-bond acceptors (Lipinski definition) is 4. The van der Waals surface area contributed by atoms with E-state index in [0.717, 1.165) is 16.3 Å². The Hall–Kier alpha value is -1.95. The van der Waals surface area contributed by atoms with Crippen LogP contribution in [0.3, 0.4) is 0 Å². The number of ether oxygens (including phenoxy) is 1. The molecule has 0 radical (unpaired) electrons. The molecule has 114 valence electrons. The fourth-order valence-electron chi connectivity index (χ4n) is 2.51. The van der Waals surface area contributed by atoms with E-state index in [0.29, 0.717) is 11.6 Å². The van der Waals surface area contributed by atoms with E-state index in [1.807, 2.05) is 30.3 Å². The van der Waals surface area contributed by atoms with E-state index >= 15 is 0 Å². The average molecular weight is 315 g/mol.